The number of fused-ring (bicyclic) bond motifs is 1. The van der Waals surface area contributed by atoms with Gasteiger partial charge in [-0.3, -0.25) is 4.98 Å². The zero-order valence-corrected chi connectivity index (χ0v) is 24.0. The van der Waals surface area contributed by atoms with Gasteiger partial charge in [0.1, 0.15) is 0 Å². The molecule has 0 saturated carbocycles. The molecule has 0 unspecified atom stereocenters. The van der Waals surface area contributed by atoms with Crippen LogP contribution in [0.5, 0.6) is 0 Å². The quantitative estimate of drug-likeness (QED) is 0.194. The number of sulfone groups is 1. The fourth-order valence-electron chi connectivity index (χ4n) is 4.77. The van der Waals surface area contributed by atoms with Crippen molar-refractivity contribution in [1.29, 1.82) is 0 Å². The van der Waals surface area contributed by atoms with E-state index < -0.39 is 19.9 Å². The summed E-state index contributed by atoms with van der Waals surface area (Å²) in [5.74, 6) is 0. The highest BCUT2D eigenvalue weighted by Crippen LogP contribution is 2.30. The monoisotopic (exact) mass is 585 g/mol. The van der Waals surface area contributed by atoms with Crippen LogP contribution in [0, 0.1) is 0 Å². The van der Waals surface area contributed by atoms with Crippen molar-refractivity contribution in [1.82, 2.24) is 15.0 Å². The van der Waals surface area contributed by atoms with Crippen LogP contribution in [0.2, 0.25) is 0 Å². The first-order valence-corrected chi connectivity index (χ1v) is 16.3. The molecule has 5 aromatic rings. The van der Waals surface area contributed by atoms with Crippen molar-refractivity contribution in [3.8, 4) is 11.1 Å². The minimum atomic E-state index is -3.79. The van der Waals surface area contributed by atoms with Gasteiger partial charge in [0.15, 0.2) is 0 Å². The number of aryl methyl sites for hydroxylation is 1. The molecule has 0 atom stereocenters. The van der Waals surface area contributed by atoms with Gasteiger partial charge in [0.2, 0.25) is 19.9 Å². The molecule has 1 heterocycles. The van der Waals surface area contributed by atoms with Gasteiger partial charge in [0, 0.05) is 36.3 Å². The average molecular weight is 586 g/mol. The molecule has 2 N–H and O–H groups in total. The molecule has 0 aliphatic carbocycles. The Labute approximate surface area is 241 Å². The number of nitrogens with zero attached hydrogens (tertiary/aromatic N) is 1. The highest BCUT2D eigenvalue weighted by molar-refractivity contribution is 7.91. The molecule has 0 fully saturated rings. The summed E-state index contributed by atoms with van der Waals surface area (Å²) in [5, 5.41) is 4.62. The molecule has 0 spiro atoms. The van der Waals surface area contributed by atoms with Gasteiger partial charge in [0.25, 0.3) is 0 Å². The zero-order valence-electron chi connectivity index (χ0n) is 22.4. The number of hydrogen-bond acceptors (Lipinski definition) is 6. The fourth-order valence-corrected chi connectivity index (χ4v) is 7.60. The molecule has 1 aromatic heterocycles. The first-order chi connectivity index (χ1) is 19.9. The summed E-state index contributed by atoms with van der Waals surface area (Å²) in [4.78, 5) is 4.98. The highest BCUT2D eigenvalue weighted by Gasteiger charge is 2.21. The number of nitrogens with one attached hydrogen (secondary N) is 2. The van der Waals surface area contributed by atoms with Gasteiger partial charge in [-0.05, 0) is 72.5 Å². The second-order valence-corrected chi connectivity index (χ2v) is 13.3. The van der Waals surface area contributed by atoms with Gasteiger partial charge in [-0.15, -0.1) is 0 Å². The van der Waals surface area contributed by atoms with Gasteiger partial charge in [-0.2, -0.15) is 0 Å². The summed E-state index contributed by atoms with van der Waals surface area (Å²) in [6, 6.07) is 30.5. The Kier molecular flexibility index (Phi) is 8.90. The highest BCUT2D eigenvalue weighted by atomic mass is 32.2. The summed E-state index contributed by atoms with van der Waals surface area (Å²) in [5.41, 5.74) is 2.49. The van der Waals surface area contributed by atoms with Crippen molar-refractivity contribution in [3.05, 3.63) is 121 Å². The van der Waals surface area contributed by atoms with Crippen molar-refractivity contribution in [2.75, 3.05) is 19.6 Å². The Morgan fingerprint density at radius 1 is 0.659 bits per heavy atom. The molecule has 0 saturated heterocycles. The normalized spacial score (nSPS) is 12.0. The second kappa shape index (κ2) is 12.7. The number of aromatic nitrogens is 1. The molecule has 0 radical (unpaired) electrons. The van der Waals surface area contributed by atoms with E-state index in [4.69, 9.17) is 0 Å². The molecule has 5 rings (SSSR count). The van der Waals surface area contributed by atoms with E-state index in [0.717, 1.165) is 22.1 Å². The fraction of sp³-hybridized carbons (Fsp3) is 0.156. The molecular formula is C32H31N3O4S2. The third-order valence-electron chi connectivity index (χ3n) is 6.82. The Morgan fingerprint density at radius 3 is 2.15 bits per heavy atom. The minimum Gasteiger partial charge on any atom is -0.315 e. The van der Waals surface area contributed by atoms with E-state index in [9.17, 15) is 16.8 Å². The first-order valence-electron chi connectivity index (χ1n) is 13.4. The van der Waals surface area contributed by atoms with Crippen LogP contribution in [0.25, 0.3) is 21.9 Å². The number of pyridine rings is 1. The van der Waals surface area contributed by atoms with Gasteiger partial charge in [0.05, 0.1) is 14.7 Å². The Hall–Kier alpha value is -3.89. The number of rotatable bonds is 12. The van der Waals surface area contributed by atoms with Crippen LogP contribution in [0.15, 0.2) is 130 Å². The summed E-state index contributed by atoms with van der Waals surface area (Å²) in [7, 11) is -7.39. The summed E-state index contributed by atoms with van der Waals surface area (Å²) in [6.07, 6.45) is 4.54. The molecule has 0 aliphatic heterocycles. The second-order valence-electron chi connectivity index (χ2n) is 9.61. The van der Waals surface area contributed by atoms with E-state index in [1.807, 2.05) is 48.5 Å². The maximum atomic E-state index is 13.3. The Bertz CT molecular complexity index is 1840. The van der Waals surface area contributed by atoms with Gasteiger partial charge < -0.3 is 5.32 Å². The van der Waals surface area contributed by atoms with E-state index in [1.165, 1.54) is 0 Å². The number of sulfonamides is 1. The number of benzene rings is 4. The lowest BCUT2D eigenvalue weighted by molar-refractivity contribution is 0.574. The zero-order chi connectivity index (χ0) is 28.7. The van der Waals surface area contributed by atoms with Gasteiger partial charge >= 0.3 is 0 Å². The Balaban J connectivity index is 1.18. The minimum absolute atomic E-state index is 0.212. The lowest BCUT2D eigenvalue weighted by atomic mass is 10.0. The molecular weight excluding hydrogens is 555 g/mol. The summed E-state index contributed by atoms with van der Waals surface area (Å²) >= 11 is 0. The predicted molar refractivity (Wildman–Crippen MR) is 162 cm³/mol. The molecule has 0 amide bonds. The van der Waals surface area contributed by atoms with E-state index in [-0.39, 0.29) is 16.3 Å². The van der Waals surface area contributed by atoms with Crippen LogP contribution in [-0.4, -0.2) is 41.5 Å². The van der Waals surface area contributed by atoms with Crippen molar-refractivity contribution in [3.63, 3.8) is 0 Å². The van der Waals surface area contributed by atoms with E-state index in [0.29, 0.717) is 36.2 Å². The average Bonchev–Trinajstić information content (AvgIpc) is 3.01. The Morgan fingerprint density at radius 2 is 1.37 bits per heavy atom. The lowest BCUT2D eigenvalue weighted by Gasteiger charge is -2.13. The summed E-state index contributed by atoms with van der Waals surface area (Å²) < 4.78 is 55.7. The molecule has 0 aliphatic rings. The lowest BCUT2D eigenvalue weighted by Crippen LogP contribution is -2.32. The SMILES string of the molecule is O=S(=O)(NCCNCCCc1ccccc1S(=O)(=O)c1ccccc1)c1cc(-c2ccccc2)cc2cnccc12. The molecule has 41 heavy (non-hydrogen) atoms. The topological polar surface area (TPSA) is 105 Å². The first kappa shape index (κ1) is 28.6. The largest absolute Gasteiger partial charge is 0.315 e. The van der Waals surface area contributed by atoms with Gasteiger partial charge in [-0.1, -0.05) is 66.7 Å². The van der Waals surface area contributed by atoms with E-state index >= 15 is 0 Å². The van der Waals surface area contributed by atoms with Crippen LogP contribution < -0.4 is 10.0 Å². The third kappa shape index (κ3) is 6.71. The third-order valence-corrected chi connectivity index (χ3v) is 10.2. The van der Waals surface area contributed by atoms with Gasteiger partial charge in [-0.25, -0.2) is 21.6 Å². The maximum absolute atomic E-state index is 13.3. The smallest absolute Gasteiger partial charge is 0.241 e. The predicted octanol–water partition coefficient (Wildman–Crippen LogP) is 5.24. The molecule has 9 heteroatoms. The van der Waals surface area contributed by atoms with Crippen LogP contribution in [0.1, 0.15) is 12.0 Å². The van der Waals surface area contributed by atoms with Crippen molar-refractivity contribution >= 4 is 30.6 Å². The molecule has 210 valence electrons. The van der Waals surface area contributed by atoms with Crippen molar-refractivity contribution < 1.29 is 16.8 Å². The summed E-state index contributed by atoms with van der Waals surface area (Å²) in [6.45, 7) is 1.25. The molecule has 7 nitrogen and oxygen atoms in total. The standard InChI is InChI=1S/C32H31N3O4S2/c36-40(37,29-14-5-2-6-15-29)31-16-8-7-12-26(31)13-9-18-33-20-21-35-41(38,39)32-23-27(25-10-3-1-4-11-25)22-28-24-34-19-17-30(28)32/h1-8,10-12,14-17,19,22-24,33,35H,9,13,18,20-21H2. The van der Waals surface area contributed by atoms with Crippen LogP contribution >= 0.6 is 0 Å². The van der Waals surface area contributed by atoms with Crippen LogP contribution in [0.3, 0.4) is 0 Å². The van der Waals surface area contributed by atoms with E-state index in [2.05, 4.69) is 15.0 Å². The van der Waals surface area contributed by atoms with Crippen LogP contribution in [0.4, 0.5) is 0 Å². The maximum Gasteiger partial charge on any atom is 0.241 e. The van der Waals surface area contributed by atoms with E-state index in [1.54, 1.807) is 67.0 Å². The molecule has 4 aromatic carbocycles. The molecule has 0 bridgehead atoms. The number of hydrogen-bond donors (Lipinski definition) is 2. The van der Waals surface area contributed by atoms with Crippen molar-refractivity contribution in [2.45, 2.75) is 27.5 Å². The van der Waals surface area contributed by atoms with Crippen molar-refractivity contribution in [2.24, 2.45) is 0 Å². The van der Waals surface area contributed by atoms with Crippen LogP contribution in [-0.2, 0) is 26.3 Å².